The van der Waals surface area contributed by atoms with Gasteiger partial charge in [-0.3, -0.25) is 0 Å². The lowest BCUT2D eigenvalue weighted by molar-refractivity contribution is -0.150. The second-order valence-electron chi connectivity index (χ2n) is 6.18. The zero-order valence-electron chi connectivity index (χ0n) is 14.4. The van der Waals surface area contributed by atoms with Crippen molar-refractivity contribution in [3.05, 3.63) is 48.0 Å². The molecule has 0 heterocycles. The van der Waals surface area contributed by atoms with E-state index in [0.717, 1.165) is 19.3 Å². The molecule has 0 aliphatic heterocycles. The number of rotatable bonds is 9. The van der Waals surface area contributed by atoms with Crippen LogP contribution in [0.3, 0.4) is 0 Å². The van der Waals surface area contributed by atoms with Gasteiger partial charge in [0.25, 0.3) is 0 Å². The number of hydrogen-bond acceptors (Lipinski definition) is 3. The van der Waals surface area contributed by atoms with Gasteiger partial charge in [-0.15, -0.1) is 0 Å². The lowest BCUT2D eigenvalue weighted by Crippen LogP contribution is -2.31. The largest absolute Gasteiger partial charge is 0.465 e. The molecule has 0 aliphatic carbocycles. The van der Waals surface area contributed by atoms with Crippen molar-refractivity contribution in [3.63, 3.8) is 0 Å². The molecular weight excluding hydrogens is 286 g/mol. The molecular formula is C20H27NO2. The minimum absolute atomic E-state index is 0.244. The van der Waals surface area contributed by atoms with E-state index in [9.17, 15) is 10.1 Å². The molecule has 0 aliphatic rings. The lowest BCUT2D eigenvalue weighted by atomic mass is 9.81. The first-order valence-electron chi connectivity index (χ1n) is 8.34. The van der Waals surface area contributed by atoms with Crippen molar-refractivity contribution in [1.82, 2.24) is 0 Å². The standard InChI is InChI=1S/C20H27NO2/c1-4-23-19(22)20(16-21,15-17(2)3)14-10-6-9-13-18-11-7-5-8-12-18/h5,7-8,10-12,14,17H,4,6,9,13,15H2,1-3H3/b14-10+/t20-/m1/s1. The van der Waals surface area contributed by atoms with E-state index in [2.05, 4.69) is 18.2 Å². The SMILES string of the molecule is CCOC(=O)[C@](C#N)(/C=C/CCCc1ccccc1)CC(C)C. The zero-order valence-corrected chi connectivity index (χ0v) is 14.4. The molecule has 0 radical (unpaired) electrons. The van der Waals surface area contributed by atoms with E-state index in [0.29, 0.717) is 13.0 Å². The van der Waals surface area contributed by atoms with Gasteiger partial charge < -0.3 is 4.74 Å². The predicted molar refractivity (Wildman–Crippen MR) is 92.7 cm³/mol. The fraction of sp³-hybridized carbons (Fsp3) is 0.500. The average Bonchev–Trinajstić information content (AvgIpc) is 2.54. The number of allylic oxidation sites excluding steroid dienone is 1. The van der Waals surface area contributed by atoms with E-state index < -0.39 is 11.4 Å². The number of carbonyl (C=O) groups excluding carboxylic acids is 1. The Balaban J connectivity index is 2.65. The smallest absolute Gasteiger partial charge is 0.330 e. The van der Waals surface area contributed by atoms with Gasteiger partial charge in [-0.1, -0.05) is 56.3 Å². The molecule has 23 heavy (non-hydrogen) atoms. The number of ether oxygens (including phenoxy) is 1. The van der Waals surface area contributed by atoms with Crippen molar-refractivity contribution in [3.8, 4) is 6.07 Å². The minimum atomic E-state index is -1.16. The summed E-state index contributed by atoms with van der Waals surface area (Å²) in [5, 5.41) is 9.55. The molecule has 0 spiro atoms. The van der Waals surface area contributed by atoms with Gasteiger partial charge in [-0.2, -0.15) is 5.26 Å². The third-order valence-corrected chi connectivity index (χ3v) is 3.65. The summed E-state index contributed by atoms with van der Waals surface area (Å²) in [6, 6.07) is 12.5. The van der Waals surface area contributed by atoms with Crippen molar-refractivity contribution in [2.24, 2.45) is 11.3 Å². The van der Waals surface area contributed by atoms with Crippen LogP contribution in [-0.4, -0.2) is 12.6 Å². The molecule has 0 bridgehead atoms. The van der Waals surface area contributed by atoms with Gasteiger partial charge in [0.1, 0.15) is 0 Å². The van der Waals surface area contributed by atoms with Crippen molar-refractivity contribution >= 4 is 5.97 Å². The molecule has 0 saturated carbocycles. The van der Waals surface area contributed by atoms with Gasteiger partial charge in [0.2, 0.25) is 0 Å². The van der Waals surface area contributed by atoms with Crippen molar-refractivity contribution in [1.29, 1.82) is 5.26 Å². The summed E-state index contributed by atoms with van der Waals surface area (Å²) >= 11 is 0. The summed E-state index contributed by atoms with van der Waals surface area (Å²) in [6.45, 7) is 6.07. The van der Waals surface area contributed by atoms with Gasteiger partial charge in [-0.25, -0.2) is 4.79 Å². The Labute approximate surface area is 140 Å². The van der Waals surface area contributed by atoms with Gasteiger partial charge >= 0.3 is 5.97 Å². The summed E-state index contributed by atoms with van der Waals surface area (Å²) in [6.07, 6.45) is 7.01. The molecule has 1 aromatic carbocycles. The van der Waals surface area contributed by atoms with E-state index in [1.165, 1.54) is 5.56 Å². The van der Waals surface area contributed by atoms with Crippen LogP contribution in [0.4, 0.5) is 0 Å². The van der Waals surface area contributed by atoms with E-state index in [1.807, 2.05) is 38.1 Å². The quantitative estimate of drug-likeness (QED) is 0.378. The molecule has 0 fully saturated rings. The third kappa shape index (κ3) is 6.28. The molecule has 1 rings (SSSR count). The van der Waals surface area contributed by atoms with Crippen LogP contribution in [0.1, 0.15) is 45.6 Å². The van der Waals surface area contributed by atoms with Crippen LogP contribution >= 0.6 is 0 Å². The van der Waals surface area contributed by atoms with Crippen LogP contribution < -0.4 is 0 Å². The first kappa shape index (κ1) is 19.0. The highest BCUT2D eigenvalue weighted by atomic mass is 16.5. The Morgan fingerprint density at radius 3 is 2.61 bits per heavy atom. The molecule has 0 saturated heterocycles. The Kier molecular flexibility index (Phi) is 8.11. The molecule has 0 amide bonds. The van der Waals surface area contributed by atoms with E-state index in [4.69, 9.17) is 4.74 Å². The molecule has 1 aromatic rings. The number of esters is 1. The Bertz CT molecular complexity index is 543. The number of hydrogen-bond donors (Lipinski definition) is 0. The summed E-state index contributed by atoms with van der Waals surface area (Å²) in [5.74, 6) is -0.191. The van der Waals surface area contributed by atoms with Crippen molar-refractivity contribution < 1.29 is 9.53 Å². The Morgan fingerprint density at radius 1 is 1.35 bits per heavy atom. The van der Waals surface area contributed by atoms with Crippen LogP contribution in [0.5, 0.6) is 0 Å². The van der Waals surface area contributed by atoms with Crippen LogP contribution in [0.2, 0.25) is 0 Å². The molecule has 3 heteroatoms. The number of aryl methyl sites for hydroxylation is 1. The van der Waals surface area contributed by atoms with Crippen molar-refractivity contribution in [2.45, 2.75) is 46.5 Å². The number of carbonyl (C=O) groups is 1. The Hall–Kier alpha value is -2.08. The maximum Gasteiger partial charge on any atom is 0.330 e. The van der Waals surface area contributed by atoms with Gasteiger partial charge in [0.05, 0.1) is 12.7 Å². The number of unbranched alkanes of at least 4 members (excludes halogenated alkanes) is 1. The topological polar surface area (TPSA) is 50.1 Å². The maximum atomic E-state index is 12.2. The molecule has 3 nitrogen and oxygen atoms in total. The highest BCUT2D eigenvalue weighted by Gasteiger charge is 2.38. The maximum absolute atomic E-state index is 12.2. The first-order chi connectivity index (χ1) is 11.0. The van der Waals surface area contributed by atoms with Crippen LogP contribution in [-0.2, 0) is 16.0 Å². The molecule has 0 aromatic heterocycles. The molecule has 0 N–H and O–H groups in total. The second-order valence-corrected chi connectivity index (χ2v) is 6.18. The molecule has 1 atom stereocenters. The van der Waals surface area contributed by atoms with E-state index >= 15 is 0 Å². The normalized spacial score (nSPS) is 13.7. The number of nitrogens with zero attached hydrogens (tertiary/aromatic N) is 1. The van der Waals surface area contributed by atoms with Gasteiger partial charge in [-0.05, 0) is 44.1 Å². The highest BCUT2D eigenvalue weighted by Crippen LogP contribution is 2.30. The van der Waals surface area contributed by atoms with Crippen LogP contribution in [0, 0.1) is 22.7 Å². The lowest BCUT2D eigenvalue weighted by Gasteiger charge is -2.22. The predicted octanol–water partition coefficient (Wildman–Crippen LogP) is 4.68. The Morgan fingerprint density at radius 2 is 2.04 bits per heavy atom. The first-order valence-corrected chi connectivity index (χ1v) is 8.34. The fourth-order valence-corrected chi connectivity index (χ4v) is 2.61. The van der Waals surface area contributed by atoms with Gasteiger partial charge in [0, 0.05) is 0 Å². The highest BCUT2D eigenvalue weighted by molar-refractivity contribution is 5.82. The number of benzene rings is 1. The van der Waals surface area contributed by atoms with Gasteiger partial charge in [0.15, 0.2) is 5.41 Å². The minimum Gasteiger partial charge on any atom is -0.465 e. The van der Waals surface area contributed by atoms with E-state index in [1.54, 1.807) is 13.0 Å². The monoisotopic (exact) mass is 313 g/mol. The fourth-order valence-electron chi connectivity index (χ4n) is 2.61. The van der Waals surface area contributed by atoms with Crippen LogP contribution in [0.25, 0.3) is 0 Å². The zero-order chi connectivity index (χ0) is 17.1. The summed E-state index contributed by atoms with van der Waals surface area (Å²) in [5.41, 5.74) is 0.150. The molecule has 0 unspecified atom stereocenters. The third-order valence-electron chi connectivity index (χ3n) is 3.65. The average molecular weight is 313 g/mol. The summed E-state index contributed by atoms with van der Waals surface area (Å²) < 4.78 is 5.11. The van der Waals surface area contributed by atoms with Crippen molar-refractivity contribution in [2.75, 3.05) is 6.61 Å². The number of nitriles is 1. The summed E-state index contributed by atoms with van der Waals surface area (Å²) in [7, 11) is 0. The summed E-state index contributed by atoms with van der Waals surface area (Å²) in [4.78, 5) is 12.2. The second kappa shape index (κ2) is 9.84. The van der Waals surface area contributed by atoms with Crippen LogP contribution in [0.15, 0.2) is 42.5 Å². The van der Waals surface area contributed by atoms with E-state index in [-0.39, 0.29) is 5.92 Å². The molecule has 124 valence electrons.